The molecule has 39 heavy (non-hydrogen) atoms. The van der Waals surface area contributed by atoms with Gasteiger partial charge in [-0.25, -0.2) is 0 Å². The van der Waals surface area contributed by atoms with Gasteiger partial charge in [0.05, 0.1) is 16.6 Å². The van der Waals surface area contributed by atoms with Gasteiger partial charge in [0, 0.05) is 42.9 Å². The smallest absolute Gasteiger partial charge is 0.251 e. The Morgan fingerprint density at radius 2 is 1.72 bits per heavy atom. The molecular formula is C31H33N3O4S. The van der Waals surface area contributed by atoms with Gasteiger partial charge in [0.1, 0.15) is 6.04 Å². The van der Waals surface area contributed by atoms with Crippen LogP contribution >= 0.6 is 11.8 Å². The molecular weight excluding hydrogens is 510 g/mol. The molecule has 0 bridgehead atoms. The Morgan fingerprint density at radius 1 is 0.949 bits per heavy atom. The number of hydrogen-bond donors (Lipinski definition) is 1. The standard InChI is InChI=1S/C31H33N3O4S/c1-20-12-13-21(2)23(19-20)33-16-7-14-31-26(29(37)34(17-8-18-35)27(31)30(33)38)25-24(39-31)11-6-15-32(28(25)36)22-9-4-3-5-10-22/h3-7,9-14,19,24-27,35H,8,15-18H2,1-2H3/t24-,25+,26-,27?,31-/m0/s1. The van der Waals surface area contributed by atoms with Crippen molar-refractivity contribution < 1.29 is 19.5 Å². The number of anilines is 2. The number of fused-ring (bicyclic) bond motifs is 2. The number of benzene rings is 2. The van der Waals surface area contributed by atoms with E-state index < -0.39 is 22.6 Å². The SMILES string of the molecule is Cc1ccc(C)c(N2CC=C[C@]34S[C@H]5C=CCN(c6ccccc6)C(=O)[C@H]5[C@H]3C(=O)N(CCCO)C4C2=O)c1. The van der Waals surface area contributed by atoms with Crippen LogP contribution in [0.1, 0.15) is 17.5 Å². The van der Waals surface area contributed by atoms with Gasteiger partial charge in [0.2, 0.25) is 11.8 Å². The Balaban J connectivity index is 1.45. The average molecular weight is 544 g/mol. The highest BCUT2D eigenvalue weighted by atomic mass is 32.2. The van der Waals surface area contributed by atoms with Crippen molar-refractivity contribution in [2.45, 2.75) is 36.3 Å². The Kier molecular flexibility index (Phi) is 6.63. The first-order valence-electron chi connectivity index (χ1n) is 13.6. The summed E-state index contributed by atoms with van der Waals surface area (Å²) in [7, 11) is 0. The fourth-order valence-electron chi connectivity index (χ4n) is 6.68. The highest BCUT2D eigenvalue weighted by Crippen LogP contribution is 2.61. The summed E-state index contributed by atoms with van der Waals surface area (Å²) in [5.41, 5.74) is 3.68. The fourth-order valence-corrected chi connectivity index (χ4v) is 8.69. The van der Waals surface area contributed by atoms with Crippen molar-refractivity contribution in [2.24, 2.45) is 11.8 Å². The van der Waals surface area contributed by atoms with Gasteiger partial charge < -0.3 is 19.8 Å². The third-order valence-corrected chi connectivity index (χ3v) is 10.2. The molecule has 1 N–H and O–H groups in total. The zero-order valence-electron chi connectivity index (χ0n) is 22.2. The van der Waals surface area contributed by atoms with Crippen molar-refractivity contribution in [3.63, 3.8) is 0 Å². The third kappa shape index (κ3) is 4.03. The minimum atomic E-state index is -0.870. The van der Waals surface area contributed by atoms with E-state index >= 15 is 0 Å². The highest BCUT2D eigenvalue weighted by molar-refractivity contribution is 8.02. The minimum Gasteiger partial charge on any atom is -0.396 e. The van der Waals surface area contributed by atoms with Crippen LogP contribution in [0.5, 0.6) is 0 Å². The molecule has 4 heterocycles. The lowest BCUT2D eigenvalue weighted by atomic mass is 9.78. The van der Waals surface area contributed by atoms with Crippen molar-refractivity contribution in [2.75, 3.05) is 36.0 Å². The summed E-state index contributed by atoms with van der Waals surface area (Å²) < 4.78 is -0.870. The third-order valence-electron chi connectivity index (χ3n) is 8.44. The molecule has 202 valence electrons. The molecule has 6 rings (SSSR count). The summed E-state index contributed by atoms with van der Waals surface area (Å²) in [6, 6.07) is 14.8. The zero-order chi connectivity index (χ0) is 27.3. The van der Waals surface area contributed by atoms with Gasteiger partial charge in [-0.2, -0.15) is 0 Å². The van der Waals surface area contributed by atoms with E-state index in [4.69, 9.17) is 0 Å². The lowest BCUT2D eigenvalue weighted by Crippen LogP contribution is -2.53. The monoisotopic (exact) mass is 543 g/mol. The lowest BCUT2D eigenvalue weighted by molar-refractivity contribution is -0.138. The fraction of sp³-hybridized carbons (Fsp3) is 0.387. The van der Waals surface area contributed by atoms with Crippen molar-refractivity contribution in [1.29, 1.82) is 0 Å². The number of amides is 3. The summed E-state index contributed by atoms with van der Waals surface area (Å²) in [5.74, 6) is -1.66. The average Bonchev–Trinajstić information content (AvgIpc) is 3.24. The van der Waals surface area contributed by atoms with Crippen LogP contribution in [0.25, 0.3) is 0 Å². The highest BCUT2D eigenvalue weighted by Gasteiger charge is 2.71. The number of aliphatic hydroxyl groups is 1. The van der Waals surface area contributed by atoms with Crippen LogP contribution in [0, 0.1) is 25.7 Å². The zero-order valence-corrected chi connectivity index (χ0v) is 23.0. The number of hydrogen-bond acceptors (Lipinski definition) is 5. The van der Waals surface area contributed by atoms with Crippen LogP contribution in [0.2, 0.25) is 0 Å². The summed E-state index contributed by atoms with van der Waals surface area (Å²) >= 11 is 1.58. The van der Waals surface area contributed by atoms with Crippen LogP contribution in [0.15, 0.2) is 72.8 Å². The van der Waals surface area contributed by atoms with Crippen LogP contribution in [0.3, 0.4) is 0 Å². The molecule has 5 atom stereocenters. The Labute approximate surface area is 233 Å². The van der Waals surface area contributed by atoms with Gasteiger partial charge in [-0.1, -0.05) is 54.6 Å². The Hall–Kier alpha value is -3.36. The predicted octanol–water partition coefficient (Wildman–Crippen LogP) is 3.49. The van der Waals surface area contributed by atoms with E-state index in [0.717, 1.165) is 22.5 Å². The molecule has 2 aromatic rings. The van der Waals surface area contributed by atoms with Gasteiger partial charge >= 0.3 is 0 Å². The van der Waals surface area contributed by atoms with E-state index in [1.165, 1.54) is 0 Å². The molecule has 1 unspecified atom stereocenters. The quantitative estimate of drug-likeness (QED) is 0.584. The number of carbonyl (C=O) groups excluding carboxylic acids is 3. The second-order valence-corrected chi connectivity index (χ2v) is 12.3. The maximum absolute atomic E-state index is 14.5. The normalized spacial score (nSPS) is 29.8. The van der Waals surface area contributed by atoms with E-state index in [1.807, 2.05) is 80.6 Å². The number of aryl methyl sites for hydroxylation is 2. The number of likely N-dealkylation sites (tertiary alicyclic amines) is 1. The molecule has 3 amide bonds. The number of aliphatic hydroxyl groups excluding tert-OH is 1. The van der Waals surface area contributed by atoms with Crippen molar-refractivity contribution in [1.82, 2.24) is 4.90 Å². The maximum Gasteiger partial charge on any atom is 0.251 e. The molecule has 1 spiro atoms. The van der Waals surface area contributed by atoms with Crippen LogP contribution in [-0.2, 0) is 14.4 Å². The second kappa shape index (κ2) is 9.99. The predicted molar refractivity (Wildman–Crippen MR) is 154 cm³/mol. The van der Waals surface area contributed by atoms with Gasteiger partial charge in [-0.05, 0) is 49.6 Å². The molecule has 7 nitrogen and oxygen atoms in total. The van der Waals surface area contributed by atoms with Gasteiger partial charge in [0.15, 0.2) is 0 Å². The van der Waals surface area contributed by atoms with Crippen molar-refractivity contribution >= 4 is 40.9 Å². The van der Waals surface area contributed by atoms with Crippen molar-refractivity contribution in [3.05, 3.63) is 84.0 Å². The molecule has 4 aliphatic heterocycles. The number of carbonyl (C=O) groups is 3. The molecule has 0 aliphatic carbocycles. The second-order valence-electron chi connectivity index (χ2n) is 10.8. The molecule has 8 heteroatoms. The van der Waals surface area contributed by atoms with Crippen LogP contribution < -0.4 is 9.80 Å². The Morgan fingerprint density at radius 3 is 2.49 bits per heavy atom. The van der Waals surface area contributed by atoms with Crippen molar-refractivity contribution in [3.8, 4) is 0 Å². The first kappa shape index (κ1) is 25.9. The number of rotatable bonds is 5. The molecule has 4 aliphatic rings. The topological polar surface area (TPSA) is 81.2 Å². The van der Waals surface area contributed by atoms with Crippen LogP contribution in [-0.4, -0.2) is 70.0 Å². The summed E-state index contributed by atoms with van der Waals surface area (Å²) in [6.45, 7) is 5.01. The summed E-state index contributed by atoms with van der Waals surface area (Å²) in [5, 5.41) is 9.42. The first-order valence-corrected chi connectivity index (χ1v) is 14.4. The largest absolute Gasteiger partial charge is 0.396 e. The van der Waals surface area contributed by atoms with E-state index in [2.05, 4.69) is 6.08 Å². The van der Waals surface area contributed by atoms with Gasteiger partial charge in [0.25, 0.3) is 5.91 Å². The molecule has 0 aromatic heterocycles. The van der Waals surface area contributed by atoms with E-state index in [-0.39, 0.29) is 36.1 Å². The minimum absolute atomic E-state index is 0.0818. The maximum atomic E-state index is 14.5. The van der Waals surface area contributed by atoms with E-state index in [0.29, 0.717) is 19.5 Å². The molecule has 0 saturated carbocycles. The molecule has 0 radical (unpaired) electrons. The molecule has 2 aromatic carbocycles. The van der Waals surface area contributed by atoms with E-state index in [9.17, 15) is 19.5 Å². The van der Waals surface area contributed by atoms with Gasteiger partial charge in [-0.15, -0.1) is 11.8 Å². The summed E-state index contributed by atoms with van der Waals surface area (Å²) in [6.07, 6.45) is 8.46. The molecule has 2 fully saturated rings. The van der Waals surface area contributed by atoms with E-state index in [1.54, 1.807) is 26.5 Å². The Bertz CT molecular complexity index is 1380. The summed E-state index contributed by atoms with van der Waals surface area (Å²) in [4.78, 5) is 48.1. The number of thioether (sulfide) groups is 1. The number of nitrogens with zero attached hydrogens (tertiary/aromatic N) is 3. The van der Waals surface area contributed by atoms with Crippen LogP contribution in [0.4, 0.5) is 11.4 Å². The van der Waals surface area contributed by atoms with Gasteiger partial charge in [-0.3, -0.25) is 14.4 Å². The number of para-hydroxylation sites is 1. The lowest BCUT2D eigenvalue weighted by Gasteiger charge is -2.35. The first-order chi connectivity index (χ1) is 18.9. The molecule has 2 saturated heterocycles.